The zero-order chi connectivity index (χ0) is 21.1. The van der Waals surface area contributed by atoms with Crippen LogP contribution in [0.5, 0.6) is 0 Å². The van der Waals surface area contributed by atoms with E-state index in [4.69, 9.17) is 0 Å². The summed E-state index contributed by atoms with van der Waals surface area (Å²) >= 11 is 0. The number of aromatic nitrogens is 1. The van der Waals surface area contributed by atoms with Crippen molar-refractivity contribution >= 4 is 17.5 Å². The van der Waals surface area contributed by atoms with Gasteiger partial charge in [-0.05, 0) is 51.0 Å². The molecule has 28 heavy (non-hydrogen) atoms. The van der Waals surface area contributed by atoms with E-state index in [-0.39, 0.29) is 35.2 Å². The van der Waals surface area contributed by atoms with Crippen molar-refractivity contribution in [2.24, 2.45) is 0 Å². The van der Waals surface area contributed by atoms with Gasteiger partial charge in [0.15, 0.2) is 0 Å². The van der Waals surface area contributed by atoms with Gasteiger partial charge in [0.25, 0.3) is 11.8 Å². The fraction of sp³-hybridized carbons (Fsp3) is 0.350. The van der Waals surface area contributed by atoms with Gasteiger partial charge in [-0.3, -0.25) is 9.59 Å². The van der Waals surface area contributed by atoms with E-state index >= 15 is 0 Å². The van der Waals surface area contributed by atoms with E-state index in [9.17, 15) is 22.8 Å². The second-order valence-corrected chi connectivity index (χ2v) is 6.62. The molecule has 0 saturated heterocycles. The maximum absolute atomic E-state index is 12.9. The summed E-state index contributed by atoms with van der Waals surface area (Å²) < 4.78 is 38.6. The lowest BCUT2D eigenvalue weighted by atomic mass is 10.1. The Balaban J connectivity index is 2.39. The number of pyridine rings is 1. The van der Waals surface area contributed by atoms with Crippen LogP contribution >= 0.6 is 0 Å². The summed E-state index contributed by atoms with van der Waals surface area (Å²) in [6, 6.07) is 6.79. The number of hydrogen-bond acceptors (Lipinski definition) is 3. The molecule has 2 aromatic rings. The molecule has 2 amide bonds. The number of para-hydroxylation sites is 1. The first kappa shape index (κ1) is 21.4. The number of amides is 2. The molecule has 0 aliphatic carbocycles. The molecule has 0 aliphatic rings. The average Bonchev–Trinajstić information content (AvgIpc) is 2.61. The lowest BCUT2D eigenvalue weighted by molar-refractivity contribution is -0.141. The molecule has 0 unspecified atom stereocenters. The fourth-order valence-corrected chi connectivity index (χ4v) is 2.68. The molecule has 1 aromatic heterocycles. The summed E-state index contributed by atoms with van der Waals surface area (Å²) in [4.78, 5) is 28.7. The topological polar surface area (TPSA) is 71.1 Å². The Hall–Kier alpha value is -2.90. The van der Waals surface area contributed by atoms with Gasteiger partial charge in [-0.1, -0.05) is 19.1 Å². The third kappa shape index (κ3) is 4.88. The number of hydrogen-bond donors (Lipinski definition) is 2. The molecule has 5 nitrogen and oxygen atoms in total. The predicted octanol–water partition coefficient (Wildman–Crippen LogP) is 4.36. The van der Waals surface area contributed by atoms with E-state index in [2.05, 4.69) is 15.6 Å². The number of nitrogens with one attached hydrogen (secondary N) is 2. The van der Waals surface area contributed by atoms with Gasteiger partial charge < -0.3 is 10.6 Å². The zero-order valence-corrected chi connectivity index (χ0v) is 16.1. The minimum absolute atomic E-state index is 0.0361. The highest BCUT2D eigenvalue weighted by atomic mass is 19.4. The Morgan fingerprint density at radius 1 is 1.07 bits per heavy atom. The Kier molecular flexibility index (Phi) is 6.43. The maximum atomic E-state index is 12.9. The van der Waals surface area contributed by atoms with E-state index in [1.54, 1.807) is 32.0 Å². The molecule has 0 aliphatic heterocycles. The molecule has 150 valence electrons. The number of alkyl halides is 3. The van der Waals surface area contributed by atoms with E-state index in [0.29, 0.717) is 11.3 Å². The zero-order valence-electron chi connectivity index (χ0n) is 16.1. The van der Waals surface area contributed by atoms with E-state index in [1.807, 2.05) is 13.8 Å². The minimum atomic E-state index is -4.59. The van der Waals surface area contributed by atoms with Crippen LogP contribution < -0.4 is 10.6 Å². The third-order valence-corrected chi connectivity index (χ3v) is 4.02. The van der Waals surface area contributed by atoms with Crippen molar-refractivity contribution in [3.63, 3.8) is 0 Å². The van der Waals surface area contributed by atoms with Gasteiger partial charge in [0.05, 0.1) is 22.5 Å². The second kappa shape index (κ2) is 8.41. The summed E-state index contributed by atoms with van der Waals surface area (Å²) in [7, 11) is 0. The summed E-state index contributed by atoms with van der Waals surface area (Å²) in [6.07, 6.45) is -4.43. The summed E-state index contributed by atoms with van der Waals surface area (Å²) in [5.41, 5.74) is 0.270. The van der Waals surface area contributed by atoms with Crippen LogP contribution in [-0.4, -0.2) is 22.8 Å². The van der Waals surface area contributed by atoms with Crippen LogP contribution in [-0.2, 0) is 12.6 Å². The van der Waals surface area contributed by atoms with Gasteiger partial charge in [0.1, 0.15) is 5.69 Å². The molecule has 0 atom stereocenters. The first-order valence-electron chi connectivity index (χ1n) is 8.83. The van der Waals surface area contributed by atoms with Gasteiger partial charge >= 0.3 is 6.18 Å². The molecule has 8 heteroatoms. The number of rotatable bonds is 5. The number of carbonyl (C=O) groups excluding carboxylic acids is 2. The monoisotopic (exact) mass is 393 g/mol. The molecule has 0 spiro atoms. The van der Waals surface area contributed by atoms with Crippen molar-refractivity contribution in [3.05, 3.63) is 58.4 Å². The van der Waals surface area contributed by atoms with Crippen LogP contribution in [0.4, 0.5) is 18.9 Å². The summed E-state index contributed by atoms with van der Waals surface area (Å²) in [5, 5.41) is 5.42. The molecular formula is C20H22F3N3O2. The van der Waals surface area contributed by atoms with E-state index in [0.717, 1.165) is 12.1 Å². The number of carbonyl (C=O) groups is 2. The lowest BCUT2D eigenvalue weighted by Gasteiger charge is -2.16. The number of halogens is 3. The quantitative estimate of drug-likeness (QED) is 0.793. The van der Waals surface area contributed by atoms with Crippen molar-refractivity contribution in [2.45, 2.75) is 46.3 Å². The molecule has 1 aromatic carbocycles. The molecule has 0 saturated carbocycles. The average molecular weight is 393 g/mol. The largest absolute Gasteiger partial charge is 0.433 e. The van der Waals surface area contributed by atoms with Crippen molar-refractivity contribution in [1.82, 2.24) is 10.3 Å². The van der Waals surface area contributed by atoms with Crippen LogP contribution in [0, 0.1) is 6.92 Å². The first-order chi connectivity index (χ1) is 13.0. The van der Waals surface area contributed by atoms with Gasteiger partial charge in [0.2, 0.25) is 0 Å². The lowest BCUT2D eigenvalue weighted by Crippen LogP contribution is -2.31. The van der Waals surface area contributed by atoms with Gasteiger partial charge in [-0.15, -0.1) is 0 Å². The number of aryl methyl sites for hydroxylation is 2. The molecule has 1 heterocycles. The van der Waals surface area contributed by atoms with Crippen LogP contribution in [0.15, 0.2) is 30.3 Å². The Bertz CT molecular complexity index is 893. The number of benzene rings is 1. The predicted molar refractivity (Wildman–Crippen MR) is 100 cm³/mol. The Labute approximate surface area is 161 Å². The van der Waals surface area contributed by atoms with Gasteiger partial charge in [-0.2, -0.15) is 13.2 Å². The maximum Gasteiger partial charge on any atom is 0.433 e. The molecule has 2 rings (SSSR count). The normalized spacial score (nSPS) is 11.4. The minimum Gasteiger partial charge on any atom is -0.350 e. The highest BCUT2D eigenvalue weighted by Gasteiger charge is 2.33. The number of nitrogens with zero attached hydrogens (tertiary/aromatic N) is 1. The van der Waals surface area contributed by atoms with Crippen molar-refractivity contribution in [3.8, 4) is 0 Å². The molecule has 0 fully saturated rings. The van der Waals surface area contributed by atoms with Crippen LogP contribution in [0.25, 0.3) is 0 Å². The van der Waals surface area contributed by atoms with Gasteiger partial charge in [-0.25, -0.2) is 4.98 Å². The van der Waals surface area contributed by atoms with Crippen LogP contribution in [0.1, 0.15) is 58.4 Å². The highest BCUT2D eigenvalue weighted by Crippen LogP contribution is 2.29. The molecule has 0 radical (unpaired) electrons. The Morgan fingerprint density at radius 3 is 2.32 bits per heavy atom. The summed E-state index contributed by atoms with van der Waals surface area (Å²) in [5.74, 6) is -0.971. The van der Waals surface area contributed by atoms with E-state index < -0.39 is 17.8 Å². The smallest absolute Gasteiger partial charge is 0.350 e. The third-order valence-electron chi connectivity index (χ3n) is 4.02. The van der Waals surface area contributed by atoms with Crippen molar-refractivity contribution in [2.75, 3.05) is 5.32 Å². The highest BCUT2D eigenvalue weighted by molar-refractivity contribution is 6.10. The molecule has 0 bridgehead atoms. The molecule has 2 N–H and O–H groups in total. The van der Waals surface area contributed by atoms with Crippen molar-refractivity contribution < 1.29 is 22.8 Å². The van der Waals surface area contributed by atoms with Crippen LogP contribution in [0.3, 0.4) is 0 Å². The molecular weight excluding hydrogens is 371 g/mol. The Morgan fingerprint density at radius 2 is 1.75 bits per heavy atom. The fourth-order valence-electron chi connectivity index (χ4n) is 2.68. The first-order valence-corrected chi connectivity index (χ1v) is 8.83. The second-order valence-electron chi connectivity index (χ2n) is 6.62. The van der Waals surface area contributed by atoms with Crippen LogP contribution in [0.2, 0.25) is 0 Å². The SMILES string of the molecule is CCc1nc(C(F)(F)F)ccc1C(=O)Nc1c(C)cccc1C(=O)NC(C)C. The van der Waals surface area contributed by atoms with E-state index in [1.165, 1.54) is 0 Å². The standard InChI is InChI=1S/C20H22F3N3O2/c1-5-15-13(9-10-16(25-15)20(21,22)23)18(27)26-17-12(4)7-6-8-14(17)19(28)24-11(2)3/h6-11H,5H2,1-4H3,(H,24,28)(H,26,27). The van der Waals surface area contributed by atoms with Crippen molar-refractivity contribution in [1.29, 1.82) is 0 Å². The van der Waals surface area contributed by atoms with Gasteiger partial charge in [0, 0.05) is 6.04 Å². The number of anilines is 1. The summed E-state index contributed by atoms with van der Waals surface area (Å²) in [6.45, 7) is 6.97.